The molecule has 534 valence electrons. The molecule has 0 aliphatic heterocycles. The monoisotopic (exact) mass is 1320 g/mol. The number of aliphatic hydroxyl groups is 1. The highest BCUT2D eigenvalue weighted by atomic mass is 31.2. The van der Waals surface area contributed by atoms with Gasteiger partial charge in [0.2, 0.25) is 0 Å². The topological polar surface area (TPSA) is 237 Å². The second kappa shape index (κ2) is 63.1. The van der Waals surface area contributed by atoms with Gasteiger partial charge in [0, 0.05) is 25.7 Å². The van der Waals surface area contributed by atoms with Gasteiger partial charge in [-0.1, -0.05) is 311 Å². The number of hydrogen-bond donors (Lipinski definition) is 3. The van der Waals surface area contributed by atoms with E-state index in [1.807, 2.05) is 0 Å². The largest absolute Gasteiger partial charge is 0.472 e. The van der Waals surface area contributed by atoms with Crippen molar-refractivity contribution in [3.63, 3.8) is 0 Å². The molecule has 0 heterocycles. The second-order valence-corrected chi connectivity index (χ2v) is 29.3. The molecule has 19 heteroatoms. The van der Waals surface area contributed by atoms with Crippen molar-refractivity contribution in [1.82, 2.24) is 0 Å². The molecule has 17 nitrogen and oxygen atoms in total. The summed E-state index contributed by atoms with van der Waals surface area (Å²) in [6, 6.07) is 0. The number of hydrogen-bond acceptors (Lipinski definition) is 15. The maximum absolute atomic E-state index is 13.0. The molecule has 3 unspecified atom stereocenters. The van der Waals surface area contributed by atoms with Gasteiger partial charge in [-0.05, 0) is 37.5 Å². The van der Waals surface area contributed by atoms with Crippen LogP contribution in [-0.4, -0.2) is 96.7 Å². The number of unbranched alkanes of at least 4 members (excludes halogenated alkanes) is 39. The molecule has 0 rings (SSSR count). The molecule has 0 aliphatic carbocycles. The summed E-state index contributed by atoms with van der Waals surface area (Å²) < 4.78 is 68.3. The molecule has 90 heavy (non-hydrogen) atoms. The average molecular weight is 1330 g/mol. The second-order valence-electron chi connectivity index (χ2n) is 26.3. The molecule has 0 radical (unpaired) electrons. The number of carbonyl (C=O) groups is 4. The molecular weight excluding hydrogens is 1190 g/mol. The van der Waals surface area contributed by atoms with Gasteiger partial charge in [-0.2, -0.15) is 0 Å². The Hall–Kier alpha value is -1.94. The Morgan fingerprint density at radius 1 is 0.322 bits per heavy atom. The number of phosphoric acid groups is 2. The van der Waals surface area contributed by atoms with Crippen molar-refractivity contribution in [2.45, 2.75) is 381 Å². The minimum absolute atomic E-state index is 0.106. The van der Waals surface area contributed by atoms with Crippen LogP contribution in [0.15, 0.2) is 0 Å². The van der Waals surface area contributed by atoms with Crippen LogP contribution in [0.25, 0.3) is 0 Å². The number of carbonyl (C=O) groups excluding carboxylic acids is 4. The maximum atomic E-state index is 13.0. The zero-order chi connectivity index (χ0) is 66.5. The van der Waals surface area contributed by atoms with Gasteiger partial charge in [-0.3, -0.25) is 37.3 Å². The van der Waals surface area contributed by atoms with Gasteiger partial charge in [-0.15, -0.1) is 0 Å². The molecule has 0 aromatic carbocycles. The SMILES string of the molecule is CCCCCCCCCCCCCCCCC(=O)OC[C@H](COP(=O)(O)OC[C@@H](O)COP(=O)(O)OC[C@@H](COC(=O)CCCCCCCCC(C)CC)OC(=O)CCCCCCCCCCCCCC)OC(=O)CCCCCCCCCCCCCC(C)C. The summed E-state index contributed by atoms with van der Waals surface area (Å²) in [6.07, 6.45) is 48.4. The Balaban J connectivity index is 5.26. The highest BCUT2D eigenvalue weighted by Gasteiger charge is 2.30. The van der Waals surface area contributed by atoms with Crippen molar-refractivity contribution in [2.24, 2.45) is 11.8 Å². The number of aliphatic hydroxyl groups excluding tert-OH is 1. The van der Waals surface area contributed by atoms with Gasteiger partial charge in [0.15, 0.2) is 12.2 Å². The van der Waals surface area contributed by atoms with E-state index in [1.54, 1.807) is 0 Å². The van der Waals surface area contributed by atoms with Crippen molar-refractivity contribution < 1.29 is 80.2 Å². The van der Waals surface area contributed by atoms with Gasteiger partial charge < -0.3 is 33.8 Å². The highest BCUT2D eigenvalue weighted by molar-refractivity contribution is 7.47. The van der Waals surface area contributed by atoms with E-state index < -0.39 is 97.5 Å². The Morgan fingerprint density at radius 2 is 0.567 bits per heavy atom. The van der Waals surface area contributed by atoms with Crippen molar-refractivity contribution in [3.8, 4) is 0 Å². The molecule has 0 fully saturated rings. The van der Waals surface area contributed by atoms with Crippen LogP contribution in [0.4, 0.5) is 0 Å². The quantitative estimate of drug-likeness (QED) is 0.0222. The van der Waals surface area contributed by atoms with Crippen LogP contribution in [0.2, 0.25) is 0 Å². The lowest BCUT2D eigenvalue weighted by atomic mass is 10.00. The first-order valence-electron chi connectivity index (χ1n) is 37.0. The Labute approximate surface area is 549 Å². The van der Waals surface area contributed by atoms with E-state index >= 15 is 0 Å². The standard InChI is InChI=1S/C71H138O17P2/c1-7-10-12-14-16-18-20-22-23-27-30-34-41-47-53-68(73)81-59-66(87-71(76)56-50-44-36-32-28-24-25-29-33-39-45-51-63(4)5)61-85-89(77,78)83-57-65(72)58-84-90(79,80)86-62-67(60-82-69(74)54-48-42-38-37-40-46-52-64(6)9-3)88-70(75)55-49-43-35-31-26-21-19-17-15-13-11-8-2/h63-67,72H,7-62H2,1-6H3,(H,77,78)(H,79,80)/t64?,65-,66-,67-/m1/s1. The fourth-order valence-corrected chi connectivity index (χ4v) is 12.3. The van der Waals surface area contributed by atoms with Crippen molar-refractivity contribution in [3.05, 3.63) is 0 Å². The molecule has 0 aromatic heterocycles. The first-order chi connectivity index (χ1) is 43.4. The van der Waals surface area contributed by atoms with Crippen LogP contribution in [0.5, 0.6) is 0 Å². The van der Waals surface area contributed by atoms with Crippen molar-refractivity contribution in [2.75, 3.05) is 39.6 Å². The lowest BCUT2D eigenvalue weighted by molar-refractivity contribution is -0.161. The Kier molecular flexibility index (Phi) is 61.8. The minimum atomic E-state index is -4.95. The van der Waals surface area contributed by atoms with E-state index in [-0.39, 0.29) is 25.7 Å². The van der Waals surface area contributed by atoms with Crippen LogP contribution < -0.4 is 0 Å². The molecule has 3 N–H and O–H groups in total. The smallest absolute Gasteiger partial charge is 0.462 e. The van der Waals surface area contributed by atoms with Gasteiger partial charge in [0.25, 0.3) is 0 Å². The summed E-state index contributed by atoms with van der Waals surface area (Å²) in [4.78, 5) is 72.6. The summed E-state index contributed by atoms with van der Waals surface area (Å²) in [5.41, 5.74) is 0. The molecule has 0 saturated carbocycles. The Bertz CT molecular complexity index is 1750. The molecule has 0 bridgehead atoms. The van der Waals surface area contributed by atoms with E-state index in [0.717, 1.165) is 108 Å². The predicted octanol–water partition coefficient (Wildman–Crippen LogP) is 20.4. The first-order valence-corrected chi connectivity index (χ1v) is 40.0. The number of esters is 4. The van der Waals surface area contributed by atoms with Crippen molar-refractivity contribution in [1.29, 1.82) is 0 Å². The summed E-state index contributed by atoms with van der Waals surface area (Å²) in [5, 5.41) is 10.6. The Morgan fingerprint density at radius 3 is 0.844 bits per heavy atom. The number of ether oxygens (including phenoxy) is 4. The maximum Gasteiger partial charge on any atom is 0.472 e. The van der Waals surface area contributed by atoms with E-state index in [1.165, 1.54) is 173 Å². The summed E-state index contributed by atoms with van der Waals surface area (Å²) in [5.74, 6) is -0.625. The van der Waals surface area contributed by atoms with Gasteiger partial charge >= 0.3 is 39.5 Å². The third kappa shape index (κ3) is 63.5. The molecule has 0 amide bonds. The average Bonchev–Trinajstić information content (AvgIpc) is 3.70. The normalized spacial score (nSPS) is 14.4. The van der Waals surface area contributed by atoms with E-state index in [0.29, 0.717) is 25.7 Å². The van der Waals surface area contributed by atoms with Crippen LogP contribution in [0.3, 0.4) is 0 Å². The fraction of sp³-hybridized carbons (Fsp3) is 0.944. The summed E-state index contributed by atoms with van der Waals surface area (Å²) in [6.45, 7) is 9.52. The predicted molar refractivity (Wildman–Crippen MR) is 363 cm³/mol. The minimum Gasteiger partial charge on any atom is -0.462 e. The molecule has 0 aromatic rings. The number of rotatable bonds is 70. The number of phosphoric ester groups is 2. The van der Waals surface area contributed by atoms with Gasteiger partial charge in [0.05, 0.1) is 26.4 Å². The highest BCUT2D eigenvalue weighted by Crippen LogP contribution is 2.45. The lowest BCUT2D eigenvalue weighted by Crippen LogP contribution is -2.30. The summed E-state index contributed by atoms with van der Waals surface area (Å²) in [7, 11) is -9.90. The first kappa shape index (κ1) is 88.1. The van der Waals surface area contributed by atoms with Crippen LogP contribution in [0, 0.1) is 11.8 Å². The van der Waals surface area contributed by atoms with Gasteiger partial charge in [0.1, 0.15) is 19.3 Å². The third-order valence-electron chi connectivity index (χ3n) is 16.8. The van der Waals surface area contributed by atoms with E-state index in [9.17, 15) is 43.2 Å². The molecule has 0 aliphatic rings. The summed E-state index contributed by atoms with van der Waals surface area (Å²) >= 11 is 0. The van der Waals surface area contributed by atoms with E-state index in [2.05, 4.69) is 41.5 Å². The molecule has 6 atom stereocenters. The van der Waals surface area contributed by atoms with Gasteiger partial charge in [-0.25, -0.2) is 9.13 Å². The molecule has 0 saturated heterocycles. The zero-order valence-corrected chi connectivity index (χ0v) is 60.2. The van der Waals surface area contributed by atoms with Crippen LogP contribution in [0.1, 0.15) is 363 Å². The third-order valence-corrected chi connectivity index (χ3v) is 18.7. The lowest BCUT2D eigenvalue weighted by Gasteiger charge is -2.21. The fourth-order valence-electron chi connectivity index (χ4n) is 10.7. The molecule has 0 spiro atoms. The van der Waals surface area contributed by atoms with Crippen LogP contribution >= 0.6 is 15.6 Å². The zero-order valence-electron chi connectivity index (χ0n) is 58.4. The van der Waals surface area contributed by atoms with E-state index in [4.69, 9.17) is 37.0 Å². The van der Waals surface area contributed by atoms with Crippen LogP contribution in [-0.2, 0) is 65.4 Å². The molecular formula is C71H138O17P2. The van der Waals surface area contributed by atoms with Crippen molar-refractivity contribution >= 4 is 39.5 Å².